The zero-order chi connectivity index (χ0) is 12.6. The standard InChI is InChI=1S/C13H27NO2/c1-11(2)7-9-14-8-6-10-16-12(15)13(3,4)5/h11,14H,6-10H2,1-5H3. The topological polar surface area (TPSA) is 38.3 Å². The molecule has 0 saturated heterocycles. The van der Waals surface area contributed by atoms with Crippen LogP contribution in [0, 0.1) is 11.3 Å². The highest BCUT2D eigenvalue weighted by Crippen LogP contribution is 2.14. The first-order valence-electron chi connectivity index (χ1n) is 6.22. The molecular weight excluding hydrogens is 202 g/mol. The summed E-state index contributed by atoms with van der Waals surface area (Å²) in [6.07, 6.45) is 2.09. The number of carbonyl (C=O) groups excluding carboxylic acids is 1. The summed E-state index contributed by atoms with van der Waals surface area (Å²) in [5.41, 5.74) is -0.384. The minimum atomic E-state index is -0.384. The highest BCUT2D eigenvalue weighted by Gasteiger charge is 2.22. The molecule has 0 spiro atoms. The third-order valence-corrected chi connectivity index (χ3v) is 2.24. The van der Waals surface area contributed by atoms with E-state index in [-0.39, 0.29) is 11.4 Å². The minimum Gasteiger partial charge on any atom is -0.465 e. The van der Waals surface area contributed by atoms with Gasteiger partial charge in [-0.15, -0.1) is 0 Å². The Labute approximate surface area is 99.9 Å². The van der Waals surface area contributed by atoms with Crippen LogP contribution in [0.25, 0.3) is 0 Å². The van der Waals surface area contributed by atoms with Gasteiger partial charge in [-0.3, -0.25) is 4.79 Å². The number of nitrogens with one attached hydrogen (secondary N) is 1. The molecule has 0 amide bonds. The van der Waals surface area contributed by atoms with Crippen molar-refractivity contribution in [3.63, 3.8) is 0 Å². The summed E-state index contributed by atoms with van der Waals surface area (Å²) < 4.78 is 5.16. The van der Waals surface area contributed by atoms with Crippen molar-refractivity contribution in [2.75, 3.05) is 19.7 Å². The maximum atomic E-state index is 11.4. The maximum Gasteiger partial charge on any atom is 0.311 e. The monoisotopic (exact) mass is 229 g/mol. The molecule has 96 valence electrons. The lowest BCUT2D eigenvalue weighted by molar-refractivity contribution is -0.152. The molecule has 3 heteroatoms. The smallest absolute Gasteiger partial charge is 0.311 e. The molecule has 16 heavy (non-hydrogen) atoms. The van der Waals surface area contributed by atoms with Crippen molar-refractivity contribution in [2.45, 2.75) is 47.5 Å². The normalized spacial score (nSPS) is 11.9. The molecule has 0 saturated carbocycles. The van der Waals surface area contributed by atoms with E-state index in [9.17, 15) is 4.79 Å². The van der Waals surface area contributed by atoms with Crippen molar-refractivity contribution in [1.82, 2.24) is 5.32 Å². The lowest BCUT2D eigenvalue weighted by Gasteiger charge is -2.16. The van der Waals surface area contributed by atoms with Crippen molar-refractivity contribution in [3.8, 4) is 0 Å². The van der Waals surface area contributed by atoms with Crippen LogP contribution in [0.3, 0.4) is 0 Å². The molecule has 0 aliphatic carbocycles. The first-order chi connectivity index (χ1) is 7.34. The minimum absolute atomic E-state index is 0.116. The van der Waals surface area contributed by atoms with Crippen LogP contribution in [0.4, 0.5) is 0 Å². The van der Waals surface area contributed by atoms with Gasteiger partial charge in [-0.1, -0.05) is 13.8 Å². The molecule has 0 atom stereocenters. The van der Waals surface area contributed by atoms with E-state index in [1.165, 1.54) is 6.42 Å². The Hall–Kier alpha value is -0.570. The van der Waals surface area contributed by atoms with Gasteiger partial charge in [-0.25, -0.2) is 0 Å². The number of ether oxygens (including phenoxy) is 1. The van der Waals surface area contributed by atoms with E-state index in [0.29, 0.717) is 6.61 Å². The molecule has 1 N–H and O–H groups in total. The van der Waals surface area contributed by atoms with Crippen molar-refractivity contribution in [1.29, 1.82) is 0 Å². The first kappa shape index (κ1) is 15.4. The first-order valence-corrected chi connectivity index (χ1v) is 6.22. The van der Waals surface area contributed by atoms with Crippen molar-refractivity contribution >= 4 is 5.97 Å². The predicted molar refractivity (Wildman–Crippen MR) is 67.4 cm³/mol. The second-order valence-electron chi connectivity index (χ2n) is 5.67. The lowest BCUT2D eigenvalue weighted by Crippen LogP contribution is -2.25. The number of esters is 1. The third kappa shape index (κ3) is 8.72. The van der Waals surface area contributed by atoms with E-state index in [2.05, 4.69) is 19.2 Å². The lowest BCUT2D eigenvalue weighted by atomic mass is 9.97. The molecule has 0 unspecified atom stereocenters. The van der Waals surface area contributed by atoms with Crippen molar-refractivity contribution in [3.05, 3.63) is 0 Å². The quantitative estimate of drug-likeness (QED) is 0.538. The number of hydrogen-bond acceptors (Lipinski definition) is 3. The van der Waals surface area contributed by atoms with Gasteiger partial charge in [0.2, 0.25) is 0 Å². The zero-order valence-corrected chi connectivity index (χ0v) is 11.4. The van der Waals surface area contributed by atoms with Gasteiger partial charge in [-0.05, 0) is 52.6 Å². The molecule has 0 fully saturated rings. The van der Waals surface area contributed by atoms with Gasteiger partial charge in [0.25, 0.3) is 0 Å². The fourth-order valence-corrected chi connectivity index (χ4v) is 1.09. The average Bonchev–Trinajstić information content (AvgIpc) is 2.14. The van der Waals surface area contributed by atoms with Crippen LogP contribution in [0.2, 0.25) is 0 Å². The second kappa shape index (κ2) is 7.66. The van der Waals surface area contributed by atoms with Gasteiger partial charge in [0.15, 0.2) is 0 Å². The Kier molecular flexibility index (Phi) is 7.39. The Morgan fingerprint density at radius 3 is 2.38 bits per heavy atom. The van der Waals surface area contributed by atoms with Crippen LogP contribution in [-0.2, 0) is 9.53 Å². The van der Waals surface area contributed by atoms with Gasteiger partial charge in [0, 0.05) is 0 Å². The van der Waals surface area contributed by atoms with Crippen LogP contribution >= 0.6 is 0 Å². The fraction of sp³-hybridized carbons (Fsp3) is 0.923. The van der Waals surface area contributed by atoms with E-state index < -0.39 is 0 Å². The largest absolute Gasteiger partial charge is 0.465 e. The number of rotatable bonds is 7. The van der Waals surface area contributed by atoms with Gasteiger partial charge >= 0.3 is 5.97 Å². The summed E-state index contributed by atoms with van der Waals surface area (Å²) in [6.45, 7) is 12.5. The average molecular weight is 229 g/mol. The van der Waals surface area contributed by atoms with Crippen LogP contribution in [0.1, 0.15) is 47.5 Å². The van der Waals surface area contributed by atoms with Crippen LogP contribution in [0.15, 0.2) is 0 Å². The Morgan fingerprint density at radius 1 is 1.25 bits per heavy atom. The van der Waals surface area contributed by atoms with E-state index in [1.807, 2.05) is 20.8 Å². The predicted octanol–water partition coefficient (Wildman–Crippen LogP) is 2.60. The fourth-order valence-electron chi connectivity index (χ4n) is 1.09. The van der Waals surface area contributed by atoms with E-state index in [1.54, 1.807) is 0 Å². The summed E-state index contributed by atoms with van der Waals surface area (Å²) >= 11 is 0. The molecule has 0 aromatic heterocycles. The van der Waals surface area contributed by atoms with E-state index >= 15 is 0 Å². The molecule has 0 heterocycles. The summed E-state index contributed by atoms with van der Waals surface area (Å²) in [5, 5.41) is 3.34. The van der Waals surface area contributed by atoms with Gasteiger partial charge in [-0.2, -0.15) is 0 Å². The van der Waals surface area contributed by atoms with Crippen molar-refractivity contribution < 1.29 is 9.53 Å². The highest BCUT2D eigenvalue weighted by molar-refractivity contribution is 5.75. The summed E-state index contributed by atoms with van der Waals surface area (Å²) in [7, 11) is 0. The highest BCUT2D eigenvalue weighted by atomic mass is 16.5. The van der Waals surface area contributed by atoms with Gasteiger partial charge in [0.1, 0.15) is 0 Å². The van der Waals surface area contributed by atoms with E-state index in [0.717, 1.165) is 25.4 Å². The SMILES string of the molecule is CC(C)CCNCCCOC(=O)C(C)(C)C. The Bertz CT molecular complexity index is 195. The molecule has 0 aromatic rings. The van der Waals surface area contributed by atoms with Gasteiger partial charge in [0.05, 0.1) is 12.0 Å². The third-order valence-electron chi connectivity index (χ3n) is 2.24. The molecule has 0 rings (SSSR count). The molecule has 0 bridgehead atoms. The molecule has 0 aliphatic heterocycles. The zero-order valence-electron chi connectivity index (χ0n) is 11.4. The molecular formula is C13H27NO2. The van der Waals surface area contributed by atoms with Crippen molar-refractivity contribution in [2.24, 2.45) is 11.3 Å². The molecule has 3 nitrogen and oxygen atoms in total. The van der Waals surface area contributed by atoms with Crippen LogP contribution in [0.5, 0.6) is 0 Å². The summed E-state index contributed by atoms with van der Waals surface area (Å²) in [6, 6.07) is 0. The van der Waals surface area contributed by atoms with E-state index in [4.69, 9.17) is 4.74 Å². The van der Waals surface area contributed by atoms with Crippen LogP contribution < -0.4 is 5.32 Å². The summed E-state index contributed by atoms with van der Waals surface area (Å²) in [4.78, 5) is 11.4. The maximum absolute atomic E-state index is 11.4. The second-order valence-corrected chi connectivity index (χ2v) is 5.67. The van der Waals surface area contributed by atoms with Gasteiger partial charge < -0.3 is 10.1 Å². The molecule has 0 aliphatic rings. The number of carbonyl (C=O) groups is 1. The summed E-state index contributed by atoms with van der Waals surface area (Å²) in [5.74, 6) is 0.626. The molecule has 0 aromatic carbocycles. The Balaban J connectivity index is 3.31. The Morgan fingerprint density at radius 2 is 1.88 bits per heavy atom. The molecule has 0 radical (unpaired) electrons. The number of hydrogen-bond donors (Lipinski definition) is 1. The van der Waals surface area contributed by atoms with Crippen LogP contribution in [-0.4, -0.2) is 25.7 Å².